The van der Waals surface area contributed by atoms with Gasteiger partial charge in [-0.15, -0.1) is 0 Å². The van der Waals surface area contributed by atoms with Gasteiger partial charge in [-0.25, -0.2) is 13.9 Å². The van der Waals surface area contributed by atoms with Crippen molar-refractivity contribution in [2.45, 2.75) is 18.9 Å². The zero-order chi connectivity index (χ0) is 20.9. The predicted octanol–water partition coefficient (Wildman–Crippen LogP) is 4.07. The SMILES string of the molecule is CCC(O)(c1cc(-c2c[nH]c3ncc(C4=C[N+](C)=C4)cc23)no1)c1ccccc1F. The molecule has 1 aliphatic rings. The third kappa shape index (κ3) is 2.78. The minimum atomic E-state index is -1.61. The van der Waals surface area contributed by atoms with Gasteiger partial charge in [-0.05, 0) is 18.6 Å². The van der Waals surface area contributed by atoms with Crippen molar-refractivity contribution >= 4 is 22.8 Å². The molecule has 5 rings (SSSR count). The van der Waals surface area contributed by atoms with Crippen LogP contribution in [0.15, 0.2) is 59.5 Å². The number of aliphatic hydroxyl groups is 1. The molecule has 4 heterocycles. The highest BCUT2D eigenvalue weighted by Gasteiger charge is 2.36. The number of aromatic nitrogens is 3. The Labute approximate surface area is 172 Å². The topological polar surface area (TPSA) is 78.0 Å². The maximum Gasteiger partial charge on any atom is 0.182 e. The highest BCUT2D eigenvalue weighted by Crippen LogP contribution is 2.37. The zero-order valence-electron chi connectivity index (χ0n) is 16.6. The largest absolute Gasteiger partial charge is 0.377 e. The van der Waals surface area contributed by atoms with E-state index in [9.17, 15) is 9.50 Å². The summed E-state index contributed by atoms with van der Waals surface area (Å²) in [5.74, 6) is -0.295. The van der Waals surface area contributed by atoms with E-state index in [0.29, 0.717) is 5.69 Å². The quantitative estimate of drug-likeness (QED) is 0.493. The molecule has 0 saturated carbocycles. The van der Waals surface area contributed by atoms with Crippen LogP contribution in [0, 0.1) is 5.82 Å². The fraction of sp³-hybridized carbons (Fsp3) is 0.174. The highest BCUT2D eigenvalue weighted by atomic mass is 19.1. The first kappa shape index (κ1) is 18.4. The lowest BCUT2D eigenvalue weighted by molar-refractivity contribution is -0.423. The monoisotopic (exact) mass is 403 g/mol. The Morgan fingerprint density at radius 2 is 2.07 bits per heavy atom. The average molecular weight is 403 g/mol. The average Bonchev–Trinajstić information content (AvgIpc) is 3.38. The number of halogens is 1. The molecule has 6 nitrogen and oxygen atoms in total. The molecule has 0 bridgehead atoms. The molecule has 1 aromatic carbocycles. The third-order valence-corrected chi connectivity index (χ3v) is 5.57. The Kier molecular flexibility index (Phi) is 4.15. The van der Waals surface area contributed by atoms with Crippen molar-refractivity contribution in [3.8, 4) is 11.3 Å². The molecule has 0 amide bonds. The number of pyridine rings is 1. The normalized spacial score (nSPS) is 15.5. The van der Waals surface area contributed by atoms with E-state index in [-0.39, 0.29) is 17.7 Å². The third-order valence-electron chi connectivity index (χ3n) is 5.57. The summed E-state index contributed by atoms with van der Waals surface area (Å²) in [4.78, 5) is 7.64. The maximum absolute atomic E-state index is 14.4. The van der Waals surface area contributed by atoms with E-state index in [0.717, 1.165) is 27.7 Å². The molecular weight excluding hydrogens is 383 g/mol. The number of fused-ring (bicyclic) bond motifs is 1. The Bertz CT molecular complexity index is 1330. The fourth-order valence-corrected chi connectivity index (χ4v) is 3.84. The van der Waals surface area contributed by atoms with Gasteiger partial charge >= 0.3 is 0 Å². The molecule has 7 heteroatoms. The molecule has 2 N–H and O–H groups in total. The van der Waals surface area contributed by atoms with E-state index in [1.165, 1.54) is 6.07 Å². The first-order valence-electron chi connectivity index (χ1n) is 9.70. The molecule has 1 atom stereocenters. The summed E-state index contributed by atoms with van der Waals surface area (Å²) in [7, 11) is 1.97. The molecule has 3 aromatic heterocycles. The fourth-order valence-electron chi connectivity index (χ4n) is 3.84. The molecule has 0 radical (unpaired) electrons. The lowest BCUT2D eigenvalue weighted by Gasteiger charge is -2.24. The van der Waals surface area contributed by atoms with Crippen LogP contribution in [0.1, 0.15) is 30.2 Å². The number of nitrogens with zero attached hydrogens (tertiary/aromatic N) is 3. The van der Waals surface area contributed by atoms with Gasteiger partial charge < -0.3 is 14.6 Å². The van der Waals surface area contributed by atoms with Crippen molar-refractivity contribution in [1.82, 2.24) is 15.1 Å². The van der Waals surface area contributed by atoms with Gasteiger partial charge in [-0.1, -0.05) is 30.3 Å². The lowest BCUT2D eigenvalue weighted by Crippen LogP contribution is -2.27. The van der Waals surface area contributed by atoms with Gasteiger partial charge in [0.25, 0.3) is 0 Å². The molecule has 150 valence electrons. The number of benzene rings is 1. The smallest absolute Gasteiger partial charge is 0.182 e. The molecule has 4 aromatic rings. The van der Waals surface area contributed by atoms with Crippen LogP contribution in [-0.2, 0) is 5.60 Å². The minimum Gasteiger partial charge on any atom is -0.377 e. The van der Waals surface area contributed by atoms with Crippen LogP contribution < -0.4 is 0 Å². The van der Waals surface area contributed by atoms with Gasteiger partial charge in [0.05, 0.1) is 0 Å². The number of hydrogen-bond acceptors (Lipinski definition) is 4. The van der Waals surface area contributed by atoms with Crippen molar-refractivity contribution in [1.29, 1.82) is 0 Å². The number of allylic oxidation sites excluding steroid dienone is 1. The van der Waals surface area contributed by atoms with Gasteiger partial charge in [0.2, 0.25) is 0 Å². The number of nitrogens with one attached hydrogen (secondary N) is 1. The molecule has 0 aliphatic carbocycles. The van der Waals surface area contributed by atoms with E-state index in [2.05, 4.69) is 15.1 Å². The van der Waals surface area contributed by atoms with Crippen molar-refractivity contribution in [3.63, 3.8) is 0 Å². The second-order valence-electron chi connectivity index (χ2n) is 7.47. The predicted molar refractivity (Wildman–Crippen MR) is 112 cm³/mol. The van der Waals surface area contributed by atoms with Crippen LogP contribution in [0.3, 0.4) is 0 Å². The van der Waals surface area contributed by atoms with E-state index < -0.39 is 11.4 Å². The highest BCUT2D eigenvalue weighted by molar-refractivity contribution is 6.11. The summed E-state index contributed by atoms with van der Waals surface area (Å²) in [6.45, 7) is 1.77. The lowest BCUT2D eigenvalue weighted by atomic mass is 9.88. The maximum atomic E-state index is 14.4. The zero-order valence-corrected chi connectivity index (χ0v) is 16.6. The van der Waals surface area contributed by atoms with E-state index in [1.54, 1.807) is 31.2 Å². The summed E-state index contributed by atoms with van der Waals surface area (Å²) in [6.07, 6.45) is 7.92. The molecule has 30 heavy (non-hydrogen) atoms. The summed E-state index contributed by atoms with van der Waals surface area (Å²) in [5.41, 5.74) is 2.72. The number of aromatic amines is 1. The van der Waals surface area contributed by atoms with Crippen LogP contribution >= 0.6 is 0 Å². The van der Waals surface area contributed by atoms with Gasteiger partial charge in [0, 0.05) is 40.5 Å². The first-order valence-corrected chi connectivity index (χ1v) is 9.70. The van der Waals surface area contributed by atoms with Gasteiger partial charge in [-0.2, -0.15) is 0 Å². The molecule has 0 saturated heterocycles. The van der Waals surface area contributed by atoms with Crippen LogP contribution in [-0.4, -0.2) is 38.1 Å². The Morgan fingerprint density at radius 3 is 2.80 bits per heavy atom. The van der Waals surface area contributed by atoms with Crippen LogP contribution in [0.2, 0.25) is 0 Å². The van der Waals surface area contributed by atoms with Crippen LogP contribution in [0.4, 0.5) is 4.39 Å². The van der Waals surface area contributed by atoms with E-state index >= 15 is 0 Å². The number of hydrogen-bond donors (Lipinski definition) is 2. The van der Waals surface area contributed by atoms with E-state index in [1.807, 2.05) is 42.5 Å². The Morgan fingerprint density at radius 1 is 1.27 bits per heavy atom. The van der Waals surface area contributed by atoms with Crippen molar-refractivity contribution in [3.05, 3.63) is 77.7 Å². The van der Waals surface area contributed by atoms with Gasteiger partial charge in [0.1, 0.15) is 29.8 Å². The van der Waals surface area contributed by atoms with Crippen molar-refractivity contribution in [2.24, 2.45) is 0 Å². The molecule has 1 unspecified atom stereocenters. The summed E-state index contributed by atoms with van der Waals surface area (Å²) < 4.78 is 21.9. The van der Waals surface area contributed by atoms with Crippen LogP contribution in [0.5, 0.6) is 0 Å². The minimum absolute atomic E-state index is 0.162. The molecular formula is C23H20FN4O2+. The summed E-state index contributed by atoms with van der Waals surface area (Å²) in [5, 5.41) is 16.3. The number of H-pyrrole nitrogens is 1. The Balaban J connectivity index is 1.57. The molecule has 0 fully saturated rings. The molecule has 0 spiro atoms. The number of rotatable bonds is 5. The van der Waals surface area contributed by atoms with Crippen molar-refractivity contribution < 1.29 is 18.6 Å². The second kappa shape index (κ2) is 6.74. The summed E-state index contributed by atoms with van der Waals surface area (Å²) in [6, 6.07) is 9.86. The summed E-state index contributed by atoms with van der Waals surface area (Å²) >= 11 is 0. The van der Waals surface area contributed by atoms with Gasteiger partial charge in [0.15, 0.2) is 23.8 Å². The van der Waals surface area contributed by atoms with Crippen LogP contribution in [0.25, 0.3) is 27.9 Å². The molecule has 1 aliphatic heterocycles. The second-order valence-corrected chi connectivity index (χ2v) is 7.47. The van der Waals surface area contributed by atoms with E-state index in [4.69, 9.17) is 4.52 Å². The standard InChI is InChI=1S/C23H20FN4O2/c1-3-23(29,18-6-4-5-7-19(18)24)21-9-20(27-30-21)17-11-26-22-16(17)8-14(10-25-22)15-12-28(2)13-15/h4-13,29H,3H2,1-2H3,(H,25,26)/q+1. The van der Waals surface area contributed by atoms with Gasteiger partial charge in [-0.3, -0.25) is 0 Å². The Hall–Kier alpha value is -3.58. The first-order chi connectivity index (χ1) is 14.5. The van der Waals surface area contributed by atoms with Crippen molar-refractivity contribution in [2.75, 3.05) is 7.05 Å².